The maximum atomic E-state index is 12.7. The number of rotatable bonds is 9. The van der Waals surface area contributed by atoms with Crippen molar-refractivity contribution in [2.75, 3.05) is 18.5 Å². The van der Waals surface area contributed by atoms with Crippen molar-refractivity contribution in [1.82, 2.24) is 4.90 Å². The van der Waals surface area contributed by atoms with Crippen LogP contribution in [-0.4, -0.2) is 35.1 Å². The fourth-order valence-electron chi connectivity index (χ4n) is 3.84. The molecule has 3 aromatic carbocycles. The number of nitrogens with one attached hydrogen (secondary N) is 1. The van der Waals surface area contributed by atoms with E-state index in [4.69, 9.17) is 4.74 Å². The van der Waals surface area contributed by atoms with Crippen LogP contribution >= 0.6 is 11.8 Å². The van der Waals surface area contributed by atoms with Crippen molar-refractivity contribution in [3.05, 3.63) is 100 Å². The van der Waals surface area contributed by atoms with Crippen molar-refractivity contribution < 1.29 is 19.1 Å². The van der Waals surface area contributed by atoms with Gasteiger partial charge >= 0.3 is 0 Å². The van der Waals surface area contributed by atoms with Crippen molar-refractivity contribution in [2.45, 2.75) is 26.2 Å². The summed E-state index contributed by atoms with van der Waals surface area (Å²) in [7, 11) is 0. The molecule has 6 nitrogen and oxygen atoms in total. The third kappa shape index (κ3) is 6.43. The molecule has 1 N–H and O–H groups in total. The highest BCUT2D eigenvalue weighted by atomic mass is 32.2. The minimum absolute atomic E-state index is 0.119. The van der Waals surface area contributed by atoms with Crippen LogP contribution in [0.1, 0.15) is 36.5 Å². The average Bonchev–Trinajstić information content (AvgIpc) is 3.15. The van der Waals surface area contributed by atoms with Gasteiger partial charge in [-0.25, -0.2) is 0 Å². The van der Waals surface area contributed by atoms with E-state index in [0.717, 1.165) is 34.1 Å². The number of anilines is 1. The van der Waals surface area contributed by atoms with Gasteiger partial charge in [-0.05, 0) is 65.1 Å². The lowest BCUT2D eigenvalue weighted by atomic mass is 10.0. The molecule has 0 aromatic heterocycles. The summed E-state index contributed by atoms with van der Waals surface area (Å²) in [6.45, 7) is 4.39. The molecule has 0 atom stereocenters. The molecule has 0 bridgehead atoms. The Kier molecular flexibility index (Phi) is 8.23. The molecular formula is C29H28N2O4S. The highest BCUT2D eigenvalue weighted by Crippen LogP contribution is 2.32. The molecule has 1 heterocycles. The van der Waals surface area contributed by atoms with Crippen molar-refractivity contribution in [3.8, 4) is 5.75 Å². The first-order valence-corrected chi connectivity index (χ1v) is 12.6. The molecule has 184 valence electrons. The summed E-state index contributed by atoms with van der Waals surface area (Å²) in [5, 5.41) is 2.65. The zero-order chi connectivity index (χ0) is 25.5. The molecule has 0 saturated carbocycles. The number of imide groups is 1. The lowest BCUT2D eigenvalue weighted by Crippen LogP contribution is -2.30. The summed E-state index contributed by atoms with van der Waals surface area (Å²) in [6, 6.07) is 24.5. The van der Waals surface area contributed by atoms with Crippen LogP contribution in [0.3, 0.4) is 0 Å². The molecule has 0 spiro atoms. The van der Waals surface area contributed by atoms with Crippen LogP contribution in [-0.2, 0) is 16.0 Å². The molecule has 0 aliphatic carbocycles. The Morgan fingerprint density at radius 3 is 2.39 bits per heavy atom. The van der Waals surface area contributed by atoms with E-state index in [0.29, 0.717) is 29.5 Å². The number of carbonyl (C=O) groups excluding carboxylic acids is 3. The molecule has 3 amide bonds. The van der Waals surface area contributed by atoms with Crippen molar-refractivity contribution in [3.63, 3.8) is 0 Å². The summed E-state index contributed by atoms with van der Waals surface area (Å²) < 4.78 is 5.63. The van der Waals surface area contributed by atoms with Gasteiger partial charge in [-0.3, -0.25) is 19.3 Å². The predicted octanol–water partition coefficient (Wildman–Crippen LogP) is 6.11. The molecule has 0 radical (unpaired) electrons. The number of hydrogen-bond donors (Lipinski definition) is 1. The SMILES string of the molecule is CC(C)c1ccccc1NC(=O)COc1ccc(/C=C2/SC(=O)N(CCc3ccccc3)C2=O)cc1. The van der Waals surface area contributed by atoms with Crippen molar-refractivity contribution in [1.29, 1.82) is 0 Å². The van der Waals surface area contributed by atoms with Gasteiger partial charge in [0.2, 0.25) is 0 Å². The van der Waals surface area contributed by atoms with E-state index >= 15 is 0 Å². The Morgan fingerprint density at radius 1 is 0.972 bits per heavy atom. The van der Waals surface area contributed by atoms with Crippen molar-refractivity contribution in [2.24, 2.45) is 0 Å². The van der Waals surface area contributed by atoms with E-state index in [-0.39, 0.29) is 23.7 Å². The lowest BCUT2D eigenvalue weighted by molar-refractivity contribution is -0.122. The van der Waals surface area contributed by atoms with E-state index in [9.17, 15) is 14.4 Å². The van der Waals surface area contributed by atoms with E-state index in [1.54, 1.807) is 30.3 Å². The summed E-state index contributed by atoms with van der Waals surface area (Å²) in [5.74, 6) is 0.312. The Labute approximate surface area is 215 Å². The number of nitrogens with zero attached hydrogens (tertiary/aromatic N) is 1. The number of amides is 3. The van der Waals surface area contributed by atoms with Gasteiger partial charge in [0.1, 0.15) is 5.75 Å². The number of carbonyl (C=O) groups is 3. The van der Waals surface area contributed by atoms with E-state index in [1.165, 1.54) is 4.90 Å². The van der Waals surface area contributed by atoms with Gasteiger partial charge in [0.05, 0.1) is 4.91 Å². The number of thioether (sulfide) groups is 1. The molecule has 1 saturated heterocycles. The molecule has 4 rings (SSSR count). The smallest absolute Gasteiger partial charge is 0.293 e. The molecule has 0 unspecified atom stereocenters. The Balaban J connectivity index is 1.31. The van der Waals surface area contributed by atoms with Crippen LogP contribution in [0.4, 0.5) is 10.5 Å². The standard InChI is InChI=1S/C29H28N2O4S/c1-20(2)24-10-6-7-11-25(24)30-27(32)19-35-23-14-12-22(13-15-23)18-26-28(33)31(29(34)36-26)17-16-21-8-4-3-5-9-21/h3-15,18,20H,16-17,19H2,1-2H3,(H,30,32)/b26-18+. The minimum Gasteiger partial charge on any atom is -0.484 e. The van der Waals surface area contributed by atoms with Gasteiger partial charge in [-0.1, -0.05) is 74.5 Å². The zero-order valence-electron chi connectivity index (χ0n) is 20.3. The highest BCUT2D eigenvalue weighted by Gasteiger charge is 2.34. The van der Waals surface area contributed by atoms with Crippen LogP contribution in [0, 0.1) is 0 Å². The van der Waals surface area contributed by atoms with E-state index < -0.39 is 0 Å². The van der Waals surface area contributed by atoms with Gasteiger partial charge in [-0.15, -0.1) is 0 Å². The summed E-state index contributed by atoms with van der Waals surface area (Å²) >= 11 is 0.948. The van der Waals surface area contributed by atoms with E-state index in [2.05, 4.69) is 19.2 Å². The van der Waals surface area contributed by atoms with Crippen LogP contribution in [0.25, 0.3) is 6.08 Å². The molecule has 1 fully saturated rings. The summed E-state index contributed by atoms with van der Waals surface area (Å²) in [6.07, 6.45) is 2.32. The fraction of sp³-hybridized carbons (Fsp3) is 0.207. The van der Waals surface area contributed by atoms with Gasteiger partial charge in [0, 0.05) is 12.2 Å². The third-order valence-corrected chi connectivity index (χ3v) is 6.65. The first-order valence-electron chi connectivity index (χ1n) is 11.8. The number of ether oxygens (including phenoxy) is 1. The largest absolute Gasteiger partial charge is 0.484 e. The number of para-hydroxylation sites is 1. The maximum absolute atomic E-state index is 12.7. The minimum atomic E-state index is -0.278. The van der Waals surface area contributed by atoms with E-state index in [1.807, 2.05) is 54.6 Å². The van der Waals surface area contributed by atoms with Gasteiger partial charge < -0.3 is 10.1 Å². The lowest BCUT2D eigenvalue weighted by Gasteiger charge is -2.14. The zero-order valence-corrected chi connectivity index (χ0v) is 21.1. The van der Waals surface area contributed by atoms with Gasteiger partial charge in [-0.2, -0.15) is 0 Å². The molecule has 3 aromatic rings. The second-order valence-corrected chi connectivity index (χ2v) is 9.71. The monoisotopic (exact) mass is 500 g/mol. The summed E-state index contributed by atoms with van der Waals surface area (Å²) in [4.78, 5) is 39.2. The Morgan fingerprint density at radius 2 is 1.67 bits per heavy atom. The maximum Gasteiger partial charge on any atom is 0.293 e. The number of benzene rings is 3. The molecule has 1 aliphatic heterocycles. The third-order valence-electron chi connectivity index (χ3n) is 5.75. The first kappa shape index (κ1) is 25.3. The highest BCUT2D eigenvalue weighted by molar-refractivity contribution is 8.18. The van der Waals surface area contributed by atoms with Crippen LogP contribution in [0.2, 0.25) is 0 Å². The van der Waals surface area contributed by atoms with Gasteiger partial charge in [0.25, 0.3) is 17.1 Å². The fourth-order valence-corrected chi connectivity index (χ4v) is 4.70. The molecular weight excluding hydrogens is 472 g/mol. The van der Waals surface area contributed by atoms with Crippen LogP contribution < -0.4 is 10.1 Å². The first-order chi connectivity index (χ1) is 17.4. The molecule has 36 heavy (non-hydrogen) atoms. The molecule has 1 aliphatic rings. The quantitative estimate of drug-likeness (QED) is 0.359. The Hall–Kier alpha value is -3.84. The van der Waals surface area contributed by atoms with Crippen LogP contribution in [0.5, 0.6) is 5.75 Å². The average molecular weight is 501 g/mol. The second-order valence-electron chi connectivity index (χ2n) is 8.72. The van der Waals surface area contributed by atoms with Crippen LogP contribution in [0.15, 0.2) is 83.8 Å². The Bertz CT molecular complexity index is 1270. The van der Waals surface area contributed by atoms with Gasteiger partial charge in [0.15, 0.2) is 6.61 Å². The molecule has 7 heteroatoms. The number of hydrogen-bond acceptors (Lipinski definition) is 5. The topological polar surface area (TPSA) is 75.7 Å². The normalized spacial score (nSPS) is 14.5. The van der Waals surface area contributed by atoms with Crippen molar-refractivity contribution >= 4 is 40.6 Å². The predicted molar refractivity (Wildman–Crippen MR) is 144 cm³/mol. The summed E-state index contributed by atoms with van der Waals surface area (Å²) in [5.41, 5.74) is 3.70. The second kappa shape index (κ2) is 11.7.